The lowest BCUT2D eigenvalue weighted by Gasteiger charge is -2.31. The zero-order chi connectivity index (χ0) is 18.1. The molecule has 27 heavy (non-hydrogen) atoms. The fourth-order valence-corrected chi connectivity index (χ4v) is 4.22. The molecule has 0 unspecified atom stereocenters. The Morgan fingerprint density at radius 1 is 1.22 bits per heavy atom. The summed E-state index contributed by atoms with van der Waals surface area (Å²) >= 11 is 0. The Bertz CT molecular complexity index is 793. The first-order valence-electron chi connectivity index (χ1n) is 9.87. The normalized spacial score (nSPS) is 16.7. The molecule has 6 heteroatoms. The lowest BCUT2D eigenvalue weighted by molar-refractivity contribution is 0.0695. The van der Waals surface area contributed by atoms with Crippen LogP contribution in [0.1, 0.15) is 53.5 Å². The van der Waals surface area contributed by atoms with Crippen molar-refractivity contribution < 1.29 is 4.79 Å². The molecule has 1 aromatic carbocycles. The predicted molar refractivity (Wildman–Crippen MR) is 110 cm³/mol. The Morgan fingerprint density at radius 3 is 2.59 bits per heavy atom. The van der Waals surface area contributed by atoms with Crippen molar-refractivity contribution in [1.29, 1.82) is 0 Å². The van der Waals surface area contributed by atoms with Gasteiger partial charge in [0.1, 0.15) is 0 Å². The van der Waals surface area contributed by atoms with Gasteiger partial charge in [-0.3, -0.25) is 4.79 Å². The quantitative estimate of drug-likeness (QED) is 0.875. The van der Waals surface area contributed by atoms with Crippen LogP contribution in [0, 0.1) is 0 Å². The van der Waals surface area contributed by atoms with Crippen LogP contribution in [0.15, 0.2) is 24.3 Å². The van der Waals surface area contributed by atoms with E-state index in [-0.39, 0.29) is 18.3 Å². The summed E-state index contributed by atoms with van der Waals surface area (Å²) in [5.41, 5.74) is 5.42. The van der Waals surface area contributed by atoms with Crippen LogP contribution in [0.3, 0.4) is 0 Å². The van der Waals surface area contributed by atoms with Crippen molar-refractivity contribution in [3.8, 4) is 5.69 Å². The van der Waals surface area contributed by atoms with E-state index in [2.05, 4.69) is 36.5 Å². The molecule has 1 aliphatic heterocycles. The van der Waals surface area contributed by atoms with E-state index in [0.29, 0.717) is 11.7 Å². The molecule has 1 aliphatic carbocycles. The van der Waals surface area contributed by atoms with Crippen molar-refractivity contribution in [3.63, 3.8) is 0 Å². The van der Waals surface area contributed by atoms with Crippen molar-refractivity contribution in [2.24, 2.45) is 0 Å². The molecular weight excluding hydrogens is 360 g/mol. The number of piperidine rings is 1. The summed E-state index contributed by atoms with van der Waals surface area (Å²) < 4.78 is 2.01. The summed E-state index contributed by atoms with van der Waals surface area (Å²) in [4.78, 5) is 15.1. The van der Waals surface area contributed by atoms with Crippen LogP contribution in [0.25, 0.3) is 5.69 Å². The average Bonchev–Trinajstić information content (AvgIpc) is 3.30. The summed E-state index contributed by atoms with van der Waals surface area (Å²) in [6.45, 7) is 4.13. The number of amides is 1. The minimum Gasteiger partial charge on any atom is -0.337 e. The van der Waals surface area contributed by atoms with Gasteiger partial charge in [0.2, 0.25) is 0 Å². The van der Waals surface area contributed by atoms with Crippen molar-refractivity contribution in [2.45, 2.75) is 51.5 Å². The maximum atomic E-state index is 13.2. The van der Waals surface area contributed by atoms with Crippen molar-refractivity contribution in [3.05, 3.63) is 46.8 Å². The molecule has 0 radical (unpaired) electrons. The van der Waals surface area contributed by atoms with E-state index in [1.54, 1.807) is 0 Å². The number of hydrogen-bond acceptors (Lipinski definition) is 3. The molecule has 4 rings (SSSR count). The van der Waals surface area contributed by atoms with Crippen LogP contribution >= 0.6 is 12.4 Å². The zero-order valence-electron chi connectivity index (χ0n) is 16.2. The number of fused-ring (bicyclic) bond motifs is 1. The molecule has 2 aromatic rings. The number of nitrogens with zero attached hydrogens (tertiary/aromatic N) is 3. The highest BCUT2D eigenvalue weighted by Gasteiger charge is 2.31. The van der Waals surface area contributed by atoms with E-state index in [9.17, 15) is 4.79 Å². The molecule has 2 aliphatic rings. The Labute approximate surface area is 167 Å². The van der Waals surface area contributed by atoms with E-state index in [0.717, 1.165) is 62.9 Å². The van der Waals surface area contributed by atoms with Crippen molar-refractivity contribution >= 4 is 18.3 Å². The Hall–Kier alpha value is -1.85. The van der Waals surface area contributed by atoms with Gasteiger partial charge in [0.15, 0.2) is 5.69 Å². The molecule has 146 valence electrons. The number of aryl methyl sites for hydroxylation is 1. The van der Waals surface area contributed by atoms with Crippen LogP contribution < -0.4 is 5.32 Å². The third-order valence-corrected chi connectivity index (χ3v) is 5.90. The maximum absolute atomic E-state index is 13.2. The van der Waals surface area contributed by atoms with Crippen LogP contribution in [0.4, 0.5) is 0 Å². The summed E-state index contributed by atoms with van der Waals surface area (Å²) in [7, 11) is 1.94. The highest BCUT2D eigenvalue weighted by atomic mass is 35.5. The predicted octanol–water partition coefficient (Wildman–Crippen LogP) is 3.17. The van der Waals surface area contributed by atoms with Gasteiger partial charge < -0.3 is 10.2 Å². The highest BCUT2D eigenvalue weighted by Crippen LogP contribution is 2.29. The van der Waals surface area contributed by atoms with Gasteiger partial charge in [-0.15, -0.1) is 12.4 Å². The molecule has 5 nitrogen and oxygen atoms in total. The van der Waals surface area contributed by atoms with Gasteiger partial charge in [0.05, 0.1) is 5.69 Å². The lowest BCUT2D eigenvalue weighted by atomic mass is 10.0. The van der Waals surface area contributed by atoms with Gasteiger partial charge in [0, 0.05) is 24.3 Å². The van der Waals surface area contributed by atoms with Crippen molar-refractivity contribution in [1.82, 2.24) is 20.0 Å². The fraction of sp³-hybridized carbons (Fsp3) is 0.524. The third-order valence-electron chi connectivity index (χ3n) is 5.90. The molecule has 1 aromatic heterocycles. The molecule has 0 saturated carbocycles. The number of carbonyl (C=O) groups excluding carboxylic acids is 1. The fourth-order valence-electron chi connectivity index (χ4n) is 4.22. The molecule has 1 fully saturated rings. The van der Waals surface area contributed by atoms with E-state index in [1.807, 2.05) is 16.6 Å². The monoisotopic (exact) mass is 388 g/mol. The number of aromatic nitrogens is 2. The third kappa shape index (κ3) is 3.76. The van der Waals surface area contributed by atoms with Gasteiger partial charge >= 0.3 is 0 Å². The van der Waals surface area contributed by atoms with Gasteiger partial charge in [0.25, 0.3) is 5.91 Å². The lowest BCUT2D eigenvalue weighted by Crippen LogP contribution is -2.44. The van der Waals surface area contributed by atoms with Crippen molar-refractivity contribution in [2.75, 3.05) is 20.1 Å². The number of rotatable bonds is 4. The van der Waals surface area contributed by atoms with E-state index < -0.39 is 0 Å². The van der Waals surface area contributed by atoms with Crippen LogP contribution in [-0.4, -0.2) is 46.8 Å². The standard InChI is InChI=1S/C21H28N4O.ClH/c1-3-15-7-9-17(10-8-15)25-19-6-4-5-18(19)20(23-25)21(26)24(2)16-11-13-22-14-12-16;/h7-10,16,22H,3-6,11-14H2,1-2H3;1H. The summed E-state index contributed by atoms with van der Waals surface area (Å²) in [5, 5.41) is 8.15. The molecule has 1 amide bonds. The summed E-state index contributed by atoms with van der Waals surface area (Å²) in [5.74, 6) is 0.0824. The van der Waals surface area contributed by atoms with Gasteiger partial charge in [-0.25, -0.2) is 4.68 Å². The number of halogens is 1. The van der Waals surface area contributed by atoms with Gasteiger partial charge in [-0.2, -0.15) is 5.10 Å². The number of hydrogen-bond donors (Lipinski definition) is 1. The molecule has 0 atom stereocenters. The van der Waals surface area contributed by atoms with E-state index >= 15 is 0 Å². The Balaban J connectivity index is 0.00000210. The largest absolute Gasteiger partial charge is 0.337 e. The molecule has 2 heterocycles. The first-order chi connectivity index (χ1) is 12.7. The second kappa shape index (κ2) is 8.44. The molecule has 1 saturated heterocycles. The number of carbonyl (C=O) groups is 1. The second-order valence-corrected chi connectivity index (χ2v) is 7.46. The molecular formula is C21H29ClN4O. The van der Waals surface area contributed by atoms with Gasteiger partial charge in [-0.05, 0) is 69.3 Å². The number of benzene rings is 1. The molecule has 0 bridgehead atoms. The second-order valence-electron chi connectivity index (χ2n) is 7.46. The Kier molecular flexibility index (Phi) is 6.22. The maximum Gasteiger partial charge on any atom is 0.274 e. The topological polar surface area (TPSA) is 50.2 Å². The van der Waals surface area contributed by atoms with Gasteiger partial charge in [-0.1, -0.05) is 19.1 Å². The molecule has 0 spiro atoms. The number of nitrogens with one attached hydrogen (secondary N) is 1. The Morgan fingerprint density at radius 2 is 1.93 bits per heavy atom. The van der Waals surface area contributed by atoms with Crippen LogP contribution in [0.5, 0.6) is 0 Å². The zero-order valence-corrected chi connectivity index (χ0v) is 17.0. The minimum absolute atomic E-state index is 0. The average molecular weight is 389 g/mol. The first kappa shape index (κ1) is 19.9. The smallest absolute Gasteiger partial charge is 0.274 e. The summed E-state index contributed by atoms with van der Waals surface area (Å²) in [6.07, 6.45) is 6.14. The SMILES string of the molecule is CCc1ccc(-n2nc(C(=O)N(C)C3CCNCC3)c3c2CCC3)cc1.Cl. The minimum atomic E-state index is 0. The summed E-state index contributed by atoms with van der Waals surface area (Å²) in [6, 6.07) is 8.86. The first-order valence-corrected chi connectivity index (χ1v) is 9.87. The van der Waals surface area contributed by atoms with E-state index in [1.165, 1.54) is 11.3 Å². The molecule has 1 N–H and O–H groups in total. The highest BCUT2D eigenvalue weighted by molar-refractivity contribution is 5.94. The van der Waals surface area contributed by atoms with E-state index in [4.69, 9.17) is 5.10 Å². The van der Waals surface area contributed by atoms with Crippen LogP contribution in [-0.2, 0) is 19.3 Å². The van der Waals surface area contributed by atoms with Crippen LogP contribution in [0.2, 0.25) is 0 Å².